The van der Waals surface area contributed by atoms with Crippen molar-refractivity contribution in [3.05, 3.63) is 35.9 Å². The predicted molar refractivity (Wildman–Crippen MR) is 60.9 cm³/mol. The Morgan fingerprint density at radius 1 is 1.31 bits per heavy atom. The molecule has 0 aromatic heterocycles. The lowest BCUT2D eigenvalue weighted by atomic mass is 10.2. The second-order valence-electron chi connectivity index (χ2n) is 3.32. The molecule has 1 unspecified atom stereocenters. The average molecular weight is 237 g/mol. The highest BCUT2D eigenvalue weighted by atomic mass is 32.2. The Labute approximate surface area is 97.6 Å². The standard InChI is InChI=1S/C11H11NO3S/c1-15-10(8-5-3-2-4-6-8)12-9(13)7-16-11(12)14/h2-6,10H,7H2,1H3. The molecule has 0 bridgehead atoms. The van der Waals surface area contributed by atoms with Crippen LogP contribution in [0.2, 0.25) is 0 Å². The lowest BCUT2D eigenvalue weighted by Gasteiger charge is -2.24. The second kappa shape index (κ2) is 4.67. The Bertz CT molecular complexity index is 391. The van der Waals surface area contributed by atoms with Gasteiger partial charge in [0.15, 0.2) is 6.23 Å². The molecule has 1 atom stereocenters. The van der Waals surface area contributed by atoms with Crippen LogP contribution < -0.4 is 0 Å². The summed E-state index contributed by atoms with van der Waals surface area (Å²) in [5, 5.41) is -0.249. The second-order valence-corrected chi connectivity index (χ2v) is 4.24. The Morgan fingerprint density at radius 3 is 2.50 bits per heavy atom. The first-order valence-electron chi connectivity index (χ1n) is 4.80. The molecule has 0 saturated carbocycles. The molecule has 1 fully saturated rings. The number of thioether (sulfide) groups is 1. The SMILES string of the molecule is COC(c1ccccc1)N1C(=O)CSC1=O. The Balaban J connectivity index is 2.29. The van der Waals surface area contributed by atoms with Crippen LogP contribution in [0.15, 0.2) is 30.3 Å². The van der Waals surface area contributed by atoms with Gasteiger partial charge < -0.3 is 4.74 Å². The summed E-state index contributed by atoms with van der Waals surface area (Å²) in [6, 6.07) is 9.23. The van der Waals surface area contributed by atoms with Crippen molar-refractivity contribution in [2.45, 2.75) is 6.23 Å². The molecule has 0 spiro atoms. The van der Waals surface area contributed by atoms with Crippen LogP contribution >= 0.6 is 11.8 Å². The van der Waals surface area contributed by atoms with Crippen molar-refractivity contribution in [3.63, 3.8) is 0 Å². The van der Waals surface area contributed by atoms with Gasteiger partial charge in [-0.25, -0.2) is 4.90 Å². The van der Waals surface area contributed by atoms with Crippen LogP contribution in [0.3, 0.4) is 0 Å². The minimum atomic E-state index is -0.615. The molecule has 0 aliphatic carbocycles. The van der Waals surface area contributed by atoms with Gasteiger partial charge in [-0.3, -0.25) is 9.59 Å². The molecule has 1 aliphatic heterocycles. The maximum absolute atomic E-state index is 11.6. The van der Waals surface area contributed by atoms with Crippen LogP contribution in [-0.4, -0.2) is 28.9 Å². The van der Waals surface area contributed by atoms with Gasteiger partial charge >= 0.3 is 0 Å². The van der Waals surface area contributed by atoms with Gasteiger partial charge in [0, 0.05) is 12.7 Å². The van der Waals surface area contributed by atoms with Crippen molar-refractivity contribution in [1.82, 2.24) is 4.90 Å². The highest BCUT2D eigenvalue weighted by Gasteiger charge is 2.36. The summed E-state index contributed by atoms with van der Waals surface area (Å²) >= 11 is 1.01. The monoisotopic (exact) mass is 237 g/mol. The molecule has 2 amide bonds. The first-order valence-corrected chi connectivity index (χ1v) is 5.79. The number of carbonyl (C=O) groups excluding carboxylic acids is 2. The fraction of sp³-hybridized carbons (Fsp3) is 0.273. The van der Waals surface area contributed by atoms with Crippen LogP contribution in [0.4, 0.5) is 4.79 Å². The normalized spacial score (nSPS) is 17.9. The van der Waals surface area contributed by atoms with Gasteiger partial charge in [-0.2, -0.15) is 0 Å². The van der Waals surface area contributed by atoms with E-state index in [1.165, 1.54) is 12.0 Å². The largest absolute Gasteiger partial charge is 0.357 e. The smallest absolute Gasteiger partial charge is 0.291 e. The first kappa shape index (κ1) is 11.2. The van der Waals surface area contributed by atoms with Gasteiger partial charge in [0.2, 0.25) is 5.91 Å². The maximum atomic E-state index is 11.6. The van der Waals surface area contributed by atoms with Gasteiger partial charge in [0.25, 0.3) is 5.24 Å². The quantitative estimate of drug-likeness (QED) is 0.807. The third-order valence-electron chi connectivity index (χ3n) is 2.33. The lowest BCUT2D eigenvalue weighted by Crippen LogP contribution is -2.34. The van der Waals surface area contributed by atoms with Gasteiger partial charge in [0.05, 0.1) is 5.75 Å². The fourth-order valence-electron chi connectivity index (χ4n) is 1.60. The molecule has 1 aliphatic rings. The van der Waals surface area contributed by atoms with E-state index in [0.29, 0.717) is 0 Å². The van der Waals surface area contributed by atoms with Crippen molar-refractivity contribution in [1.29, 1.82) is 0 Å². The van der Waals surface area contributed by atoms with Crippen LogP contribution in [0, 0.1) is 0 Å². The highest BCUT2D eigenvalue weighted by molar-refractivity contribution is 8.14. The maximum Gasteiger partial charge on any atom is 0.291 e. The van der Waals surface area contributed by atoms with Gasteiger partial charge in [-0.05, 0) is 0 Å². The molecular weight excluding hydrogens is 226 g/mol. The molecular formula is C11H11NO3S. The van der Waals surface area contributed by atoms with Gasteiger partial charge in [-0.1, -0.05) is 42.1 Å². The molecule has 1 aromatic carbocycles. The van der Waals surface area contributed by atoms with E-state index in [2.05, 4.69) is 0 Å². The molecule has 1 aromatic rings. The average Bonchev–Trinajstić information content (AvgIpc) is 2.63. The molecule has 1 heterocycles. The van der Waals surface area contributed by atoms with Crippen molar-refractivity contribution >= 4 is 22.9 Å². The third kappa shape index (κ3) is 1.96. The summed E-state index contributed by atoms with van der Waals surface area (Å²) in [7, 11) is 1.49. The van der Waals surface area contributed by atoms with Crippen LogP contribution in [0.1, 0.15) is 11.8 Å². The number of amides is 2. The van der Waals surface area contributed by atoms with E-state index in [1.54, 1.807) is 0 Å². The molecule has 5 heteroatoms. The van der Waals surface area contributed by atoms with Crippen LogP contribution in [-0.2, 0) is 9.53 Å². The molecule has 0 N–H and O–H groups in total. The van der Waals surface area contributed by atoms with Gasteiger partial charge in [-0.15, -0.1) is 0 Å². The van der Waals surface area contributed by atoms with E-state index in [9.17, 15) is 9.59 Å². The highest BCUT2D eigenvalue weighted by Crippen LogP contribution is 2.30. The summed E-state index contributed by atoms with van der Waals surface area (Å²) < 4.78 is 5.23. The number of hydrogen-bond acceptors (Lipinski definition) is 4. The topological polar surface area (TPSA) is 46.6 Å². The number of rotatable bonds is 3. The number of ether oxygens (including phenoxy) is 1. The van der Waals surface area contributed by atoms with E-state index < -0.39 is 6.23 Å². The van der Waals surface area contributed by atoms with E-state index in [4.69, 9.17) is 4.74 Å². The van der Waals surface area contributed by atoms with Crippen molar-refractivity contribution in [2.24, 2.45) is 0 Å². The molecule has 16 heavy (non-hydrogen) atoms. The van der Waals surface area contributed by atoms with E-state index in [0.717, 1.165) is 17.3 Å². The number of nitrogens with zero attached hydrogens (tertiary/aromatic N) is 1. The Kier molecular flexibility index (Phi) is 3.26. The van der Waals surface area contributed by atoms with E-state index in [-0.39, 0.29) is 16.9 Å². The minimum absolute atomic E-state index is 0.200. The van der Waals surface area contributed by atoms with Crippen molar-refractivity contribution < 1.29 is 14.3 Å². The summed E-state index contributed by atoms with van der Waals surface area (Å²) in [4.78, 5) is 24.3. The predicted octanol–water partition coefficient (Wildman–Crippen LogP) is 2.03. The molecule has 1 saturated heterocycles. The summed E-state index contributed by atoms with van der Waals surface area (Å²) in [5.74, 6) is -0.00313. The fourth-order valence-corrected chi connectivity index (χ4v) is 2.32. The summed E-state index contributed by atoms with van der Waals surface area (Å²) in [6.45, 7) is 0. The van der Waals surface area contributed by atoms with Gasteiger partial charge in [0.1, 0.15) is 0 Å². The first-order chi connectivity index (χ1) is 7.74. The number of carbonyl (C=O) groups is 2. The number of methoxy groups -OCH3 is 1. The molecule has 0 radical (unpaired) electrons. The zero-order valence-electron chi connectivity index (χ0n) is 8.75. The number of imide groups is 1. The van der Waals surface area contributed by atoms with Crippen LogP contribution in [0.25, 0.3) is 0 Å². The van der Waals surface area contributed by atoms with Crippen molar-refractivity contribution in [3.8, 4) is 0 Å². The number of hydrogen-bond donors (Lipinski definition) is 0. The zero-order chi connectivity index (χ0) is 11.5. The summed E-state index contributed by atoms with van der Waals surface area (Å²) in [5.41, 5.74) is 0.800. The van der Waals surface area contributed by atoms with E-state index >= 15 is 0 Å². The van der Waals surface area contributed by atoms with E-state index in [1.807, 2.05) is 30.3 Å². The Morgan fingerprint density at radius 2 is 2.00 bits per heavy atom. The van der Waals surface area contributed by atoms with Crippen molar-refractivity contribution in [2.75, 3.05) is 12.9 Å². The zero-order valence-corrected chi connectivity index (χ0v) is 9.57. The Hall–Kier alpha value is -1.33. The number of benzene rings is 1. The molecule has 84 valence electrons. The molecule has 2 rings (SSSR count). The molecule has 4 nitrogen and oxygen atoms in total. The minimum Gasteiger partial charge on any atom is -0.357 e. The van der Waals surface area contributed by atoms with Crippen LogP contribution in [0.5, 0.6) is 0 Å². The lowest BCUT2D eigenvalue weighted by molar-refractivity contribution is -0.133. The summed E-state index contributed by atoms with van der Waals surface area (Å²) in [6.07, 6.45) is -0.615. The third-order valence-corrected chi connectivity index (χ3v) is 3.16.